The van der Waals surface area contributed by atoms with E-state index in [-0.39, 0.29) is 5.91 Å². The molecule has 2 heterocycles. The molecule has 1 aliphatic heterocycles. The highest BCUT2D eigenvalue weighted by molar-refractivity contribution is 5.93. The molecular formula is C11H16N4O2. The second kappa shape index (κ2) is 5.11. The number of nitrogens with zero attached hydrogens (tertiary/aromatic N) is 2. The number of rotatable bonds is 3. The van der Waals surface area contributed by atoms with Crippen LogP contribution < -0.4 is 5.43 Å². The molecule has 0 bridgehead atoms. The largest absolute Gasteiger partial charge is 0.348 e. The number of aromatic nitrogens is 1. The van der Waals surface area contributed by atoms with E-state index in [4.69, 9.17) is 0 Å². The van der Waals surface area contributed by atoms with Gasteiger partial charge >= 0.3 is 0 Å². The van der Waals surface area contributed by atoms with E-state index < -0.39 is 0 Å². The Hall–Kier alpha value is -1.66. The minimum atomic E-state index is -0.206. The third-order valence-electron chi connectivity index (χ3n) is 2.84. The molecule has 17 heavy (non-hydrogen) atoms. The molecule has 1 fully saturated rings. The number of aldehydes is 1. The van der Waals surface area contributed by atoms with E-state index in [1.165, 1.54) is 0 Å². The second-order valence-electron chi connectivity index (χ2n) is 4.18. The van der Waals surface area contributed by atoms with Gasteiger partial charge in [0, 0.05) is 26.2 Å². The van der Waals surface area contributed by atoms with E-state index in [1.54, 1.807) is 12.1 Å². The fourth-order valence-electron chi connectivity index (χ4n) is 1.74. The number of aromatic amines is 1. The summed E-state index contributed by atoms with van der Waals surface area (Å²) in [6.45, 7) is 3.49. The van der Waals surface area contributed by atoms with Crippen LogP contribution in [0.5, 0.6) is 0 Å². The van der Waals surface area contributed by atoms with Gasteiger partial charge in [-0.1, -0.05) is 0 Å². The van der Waals surface area contributed by atoms with Gasteiger partial charge in [-0.3, -0.25) is 15.0 Å². The third kappa shape index (κ3) is 2.92. The standard InChI is InChI=1S/C11H16N4O2/c1-14-4-6-15(7-5-14)13-11(17)10-3-2-9(8-16)12-10/h2-3,8,12H,4-7H2,1H3,(H,13,17). The lowest BCUT2D eigenvalue weighted by molar-refractivity contribution is 0.0658. The summed E-state index contributed by atoms with van der Waals surface area (Å²) in [5.41, 5.74) is 3.63. The molecule has 1 amide bonds. The van der Waals surface area contributed by atoms with Crippen molar-refractivity contribution in [1.29, 1.82) is 0 Å². The van der Waals surface area contributed by atoms with Crippen LogP contribution in [-0.2, 0) is 0 Å². The van der Waals surface area contributed by atoms with Gasteiger partial charge in [-0.05, 0) is 19.2 Å². The van der Waals surface area contributed by atoms with Crippen molar-refractivity contribution in [2.24, 2.45) is 0 Å². The third-order valence-corrected chi connectivity index (χ3v) is 2.84. The average molecular weight is 236 g/mol. The Kier molecular flexibility index (Phi) is 3.55. The number of carbonyl (C=O) groups excluding carboxylic acids is 2. The number of hydrazine groups is 1. The summed E-state index contributed by atoms with van der Waals surface area (Å²) in [7, 11) is 2.06. The maximum absolute atomic E-state index is 11.8. The van der Waals surface area contributed by atoms with Gasteiger partial charge in [0.25, 0.3) is 5.91 Å². The Labute approximate surface area is 99.6 Å². The monoisotopic (exact) mass is 236 g/mol. The molecule has 0 saturated carbocycles. The lowest BCUT2D eigenvalue weighted by Gasteiger charge is -2.32. The van der Waals surface area contributed by atoms with Crippen molar-refractivity contribution < 1.29 is 9.59 Å². The summed E-state index contributed by atoms with van der Waals surface area (Å²) in [5.74, 6) is -0.206. The zero-order chi connectivity index (χ0) is 12.3. The number of nitrogens with one attached hydrogen (secondary N) is 2. The van der Waals surface area contributed by atoms with Crippen molar-refractivity contribution in [3.8, 4) is 0 Å². The first-order chi connectivity index (χ1) is 8.19. The predicted octanol–water partition coefficient (Wildman–Crippen LogP) is -0.281. The maximum atomic E-state index is 11.8. The van der Waals surface area contributed by atoms with Crippen LogP contribution in [0.25, 0.3) is 0 Å². The molecule has 0 aromatic carbocycles. The van der Waals surface area contributed by atoms with Crippen LogP contribution in [0.15, 0.2) is 12.1 Å². The molecular weight excluding hydrogens is 220 g/mol. The number of amides is 1. The molecule has 2 N–H and O–H groups in total. The van der Waals surface area contributed by atoms with E-state index in [0.717, 1.165) is 26.2 Å². The lowest BCUT2D eigenvalue weighted by atomic mass is 10.4. The second-order valence-corrected chi connectivity index (χ2v) is 4.18. The predicted molar refractivity (Wildman–Crippen MR) is 62.7 cm³/mol. The first-order valence-electron chi connectivity index (χ1n) is 5.57. The molecule has 0 spiro atoms. The topological polar surface area (TPSA) is 68.4 Å². The number of likely N-dealkylation sites (N-methyl/N-ethyl adjacent to an activating group) is 1. The van der Waals surface area contributed by atoms with Gasteiger partial charge in [-0.15, -0.1) is 0 Å². The smallest absolute Gasteiger partial charge is 0.281 e. The van der Waals surface area contributed by atoms with E-state index in [0.29, 0.717) is 17.7 Å². The summed E-state index contributed by atoms with van der Waals surface area (Å²) in [6.07, 6.45) is 0.687. The van der Waals surface area contributed by atoms with E-state index in [9.17, 15) is 9.59 Å². The number of carbonyl (C=O) groups is 2. The number of H-pyrrole nitrogens is 1. The first-order valence-corrected chi connectivity index (χ1v) is 5.57. The zero-order valence-electron chi connectivity index (χ0n) is 9.77. The Morgan fingerprint density at radius 1 is 1.35 bits per heavy atom. The van der Waals surface area contributed by atoms with Crippen LogP contribution in [0.2, 0.25) is 0 Å². The highest BCUT2D eigenvalue weighted by Gasteiger charge is 2.17. The molecule has 1 saturated heterocycles. The molecule has 1 aromatic heterocycles. The van der Waals surface area contributed by atoms with Crippen LogP contribution in [0.3, 0.4) is 0 Å². The minimum Gasteiger partial charge on any atom is -0.348 e. The maximum Gasteiger partial charge on any atom is 0.281 e. The first kappa shape index (κ1) is 11.8. The summed E-state index contributed by atoms with van der Waals surface area (Å²) in [4.78, 5) is 27.3. The summed E-state index contributed by atoms with van der Waals surface area (Å²) in [6, 6.07) is 3.20. The molecule has 2 rings (SSSR count). The molecule has 0 atom stereocenters. The lowest BCUT2D eigenvalue weighted by Crippen LogP contribution is -2.52. The Bertz CT molecular complexity index is 407. The minimum absolute atomic E-state index is 0.206. The van der Waals surface area contributed by atoms with Crippen molar-refractivity contribution >= 4 is 12.2 Å². The Morgan fingerprint density at radius 2 is 2.06 bits per heavy atom. The molecule has 0 radical (unpaired) electrons. The molecule has 1 aromatic rings. The van der Waals surface area contributed by atoms with Crippen molar-refractivity contribution in [2.45, 2.75) is 0 Å². The molecule has 6 heteroatoms. The van der Waals surface area contributed by atoms with E-state index >= 15 is 0 Å². The van der Waals surface area contributed by atoms with Crippen molar-refractivity contribution in [3.05, 3.63) is 23.5 Å². The SMILES string of the molecule is CN1CCN(NC(=O)c2ccc(C=O)[nH]2)CC1. The Balaban J connectivity index is 1.90. The Morgan fingerprint density at radius 3 is 2.65 bits per heavy atom. The molecule has 1 aliphatic rings. The fraction of sp³-hybridized carbons (Fsp3) is 0.455. The summed E-state index contributed by atoms with van der Waals surface area (Å²) < 4.78 is 0. The van der Waals surface area contributed by atoms with Gasteiger partial charge in [0.1, 0.15) is 5.69 Å². The summed E-state index contributed by atoms with van der Waals surface area (Å²) in [5, 5.41) is 1.89. The number of piperazine rings is 1. The van der Waals surface area contributed by atoms with Gasteiger partial charge < -0.3 is 9.88 Å². The van der Waals surface area contributed by atoms with Gasteiger partial charge in [-0.25, -0.2) is 5.01 Å². The number of hydrogen-bond acceptors (Lipinski definition) is 4. The quantitative estimate of drug-likeness (QED) is 0.708. The number of hydrogen-bond donors (Lipinski definition) is 2. The fourth-order valence-corrected chi connectivity index (χ4v) is 1.74. The highest BCUT2D eigenvalue weighted by atomic mass is 16.2. The molecule has 0 unspecified atom stereocenters. The van der Waals surface area contributed by atoms with E-state index in [2.05, 4.69) is 22.4 Å². The summed E-state index contributed by atoms with van der Waals surface area (Å²) >= 11 is 0. The zero-order valence-corrected chi connectivity index (χ0v) is 9.77. The van der Waals surface area contributed by atoms with Crippen molar-refractivity contribution in [2.75, 3.05) is 33.2 Å². The van der Waals surface area contributed by atoms with Crippen LogP contribution in [0.4, 0.5) is 0 Å². The van der Waals surface area contributed by atoms with Crippen molar-refractivity contribution in [3.63, 3.8) is 0 Å². The normalized spacial score (nSPS) is 17.9. The van der Waals surface area contributed by atoms with Gasteiger partial charge in [0.2, 0.25) is 0 Å². The molecule has 0 aliphatic carbocycles. The van der Waals surface area contributed by atoms with Crippen molar-refractivity contribution in [1.82, 2.24) is 20.3 Å². The van der Waals surface area contributed by atoms with Crippen LogP contribution in [-0.4, -0.2) is 60.3 Å². The van der Waals surface area contributed by atoms with Crippen LogP contribution >= 0.6 is 0 Å². The molecule has 92 valence electrons. The van der Waals surface area contributed by atoms with Crippen LogP contribution in [0, 0.1) is 0 Å². The molecule has 6 nitrogen and oxygen atoms in total. The van der Waals surface area contributed by atoms with Gasteiger partial charge in [0.15, 0.2) is 6.29 Å². The van der Waals surface area contributed by atoms with E-state index in [1.807, 2.05) is 5.01 Å². The van der Waals surface area contributed by atoms with Gasteiger partial charge in [0.05, 0.1) is 5.69 Å². The van der Waals surface area contributed by atoms with Crippen LogP contribution in [0.1, 0.15) is 21.0 Å². The average Bonchev–Trinajstić information content (AvgIpc) is 2.81. The highest BCUT2D eigenvalue weighted by Crippen LogP contribution is 2.01. The van der Waals surface area contributed by atoms with Gasteiger partial charge in [-0.2, -0.15) is 0 Å².